The molecule has 0 amide bonds. The van der Waals surface area contributed by atoms with Gasteiger partial charge in [0.2, 0.25) is 0 Å². The molecule has 1 N–H and O–H groups in total. The smallest absolute Gasteiger partial charge is 0.0751 e. The van der Waals surface area contributed by atoms with E-state index in [1.807, 2.05) is 0 Å². The minimum Gasteiger partial charge on any atom is -0.382 e. The number of nitrogens with zero attached hydrogens (tertiary/aromatic N) is 1. The number of anilines is 2. The lowest BCUT2D eigenvalue weighted by atomic mass is 10.1. The van der Waals surface area contributed by atoms with Crippen LogP contribution in [0.2, 0.25) is 0 Å². The molecule has 0 aromatic heterocycles. The maximum Gasteiger partial charge on any atom is 0.0751 e. The van der Waals surface area contributed by atoms with Crippen LogP contribution in [-0.2, 0) is 4.74 Å². The summed E-state index contributed by atoms with van der Waals surface area (Å²) in [7, 11) is 0. The molecule has 2 atom stereocenters. The van der Waals surface area contributed by atoms with Crippen molar-refractivity contribution in [1.29, 1.82) is 0 Å². The Labute approximate surface area is 122 Å². The first-order valence-electron chi connectivity index (χ1n) is 8.05. The summed E-state index contributed by atoms with van der Waals surface area (Å²) in [5.74, 6) is 0. The summed E-state index contributed by atoms with van der Waals surface area (Å²) in [4.78, 5) is 2.50. The number of hydrogen-bond donors (Lipinski definition) is 1. The summed E-state index contributed by atoms with van der Waals surface area (Å²) in [6, 6.07) is 8.88. The molecule has 3 heteroatoms. The van der Waals surface area contributed by atoms with Crippen LogP contribution in [0.4, 0.5) is 11.4 Å². The van der Waals surface area contributed by atoms with Gasteiger partial charge in [0.15, 0.2) is 0 Å². The summed E-state index contributed by atoms with van der Waals surface area (Å²) < 4.78 is 5.83. The first-order chi connectivity index (χ1) is 9.81. The maximum absolute atomic E-state index is 5.83. The molecule has 1 aromatic carbocycles. The molecule has 0 saturated carbocycles. The third kappa shape index (κ3) is 3.45. The molecule has 2 heterocycles. The molecule has 1 aromatic rings. The van der Waals surface area contributed by atoms with Crippen LogP contribution in [0.25, 0.3) is 0 Å². The second-order valence-corrected chi connectivity index (χ2v) is 6.12. The average molecular weight is 274 g/mol. The molecule has 0 radical (unpaired) electrons. The highest BCUT2D eigenvalue weighted by atomic mass is 16.5. The third-order valence-electron chi connectivity index (χ3n) is 4.44. The van der Waals surface area contributed by atoms with Crippen molar-refractivity contribution in [2.75, 3.05) is 29.9 Å². The van der Waals surface area contributed by atoms with Gasteiger partial charge in [-0.3, -0.25) is 0 Å². The quantitative estimate of drug-likeness (QED) is 0.907. The summed E-state index contributed by atoms with van der Waals surface area (Å²) >= 11 is 0. The molecule has 0 spiro atoms. The van der Waals surface area contributed by atoms with E-state index in [0.29, 0.717) is 12.2 Å². The van der Waals surface area contributed by atoms with E-state index >= 15 is 0 Å². The number of benzene rings is 1. The molecule has 2 aliphatic heterocycles. The topological polar surface area (TPSA) is 24.5 Å². The van der Waals surface area contributed by atoms with Gasteiger partial charge >= 0.3 is 0 Å². The fourth-order valence-corrected chi connectivity index (χ4v) is 3.21. The van der Waals surface area contributed by atoms with E-state index in [1.165, 1.54) is 56.6 Å². The second-order valence-electron chi connectivity index (χ2n) is 6.12. The molecule has 0 bridgehead atoms. The van der Waals surface area contributed by atoms with Crippen molar-refractivity contribution in [3.63, 3.8) is 0 Å². The van der Waals surface area contributed by atoms with Crippen molar-refractivity contribution < 1.29 is 4.74 Å². The standard InChI is InChI=1S/C17H26N2O/c1-14-5-10-17(20-14)13-18-15-6-8-16(9-7-15)19-11-3-2-4-12-19/h6-9,14,17-18H,2-5,10-13H2,1H3. The molecule has 2 aliphatic rings. The number of rotatable bonds is 4. The van der Waals surface area contributed by atoms with Gasteiger partial charge in [-0.2, -0.15) is 0 Å². The molecule has 3 nitrogen and oxygen atoms in total. The van der Waals surface area contributed by atoms with E-state index in [4.69, 9.17) is 4.74 Å². The van der Waals surface area contributed by atoms with Crippen molar-refractivity contribution >= 4 is 11.4 Å². The molecule has 110 valence electrons. The van der Waals surface area contributed by atoms with Crippen LogP contribution in [0.15, 0.2) is 24.3 Å². The maximum atomic E-state index is 5.83. The van der Waals surface area contributed by atoms with Gasteiger partial charge in [-0.1, -0.05) is 0 Å². The summed E-state index contributed by atoms with van der Waals surface area (Å²) in [5, 5.41) is 3.49. The average Bonchev–Trinajstić information content (AvgIpc) is 2.92. The SMILES string of the molecule is CC1CCC(CNc2ccc(N3CCCCC3)cc2)O1. The molecule has 20 heavy (non-hydrogen) atoms. The third-order valence-corrected chi connectivity index (χ3v) is 4.44. The normalized spacial score (nSPS) is 26.8. The van der Waals surface area contributed by atoms with E-state index < -0.39 is 0 Å². The summed E-state index contributed by atoms with van der Waals surface area (Å²) in [6.07, 6.45) is 7.24. The van der Waals surface area contributed by atoms with E-state index in [0.717, 1.165) is 6.54 Å². The highest BCUT2D eigenvalue weighted by molar-refractivity contribution is 5.55. The highest BCUT2D eigenvalue weighted by Gasteiger charge is 2.21. The van der Waals surface area contributed by atoms with Crippen LogP contribution in [0.5, 0.6) is 0 Å². The van der Waals surface area contributed by atoms with Crippen molar-refractivity contribution in [3.8, 4) is 0 Å². The number of hydrogen-bond acceptors (Lipinski definition) is 3. The second kappa shape index (κ2) is 6.49. The van der Waals surface area contributed by atoms with Gasteiger partial charge in [-0.05, 0) is 63.3 Å². The Bertz CT molecular complexity index is 412. The number of nitrogens with one attached hydrogen (secondary N) is 1. The van der Waals surface area contributed by atoms with Gasteiger partial charge in [0, 0.05) is 31.0 Å². The van der Waals surface area contributed by atoms with Crippen molar-refractivity contribution in [3.05, 3.63) is 24.3 Å². The van der Waals surface area contributed by atoms with Gasteiger partial charge in [0.05, 0.1) is 12.2 Å². The Hall–Kier alpha value is -1.22. The predicted octanol–water partition coefficient (Wildman–Crippen LogP) is 3.66. The highest BCUT2D eigenvalue weighted by Crippen LogP contribution is 2.23. The predicted molar refractivity (Wildman–Crippen MR) is 84.6 cm³/mol. The van der Waals surface area contributed by atoms with Gasteiger partial charge < -0.3 is 15.0 Å². The van der Waals surface area contributed by atoms with Crippen molar-refractivity contribution in [1.82, 2.24) is 0 Å². The van der Waals surface area contributed by atoms with E-state index in [2.05, 4.69) is 41.4 Å². The molecular weight excluding hydrogens is 248 g/mol. The Morgan fingerprint density at radius 2 is 1.85 bits per heavy atom. The lowest BCUT2D eigenvalue weighted by Gasteiger charge is -2.29. The van der Waals surface area contributed by atoms with E-state index in [1.54, 1.807) is 0 Å². The number of ether oxygens (including phenoxy) is 1. The van der Waals surface area contributed by atoms with Crippen LogP contribution in [0.3, 0.4) is 0 Å². The zero-order valence-electron chi connectivity index (χ0n) is 12.5. The Kier molecular flexibility index (Phi) is 4.46. The molecule has 3 rings (SSSR count). The molecule has 2 unspecified atom stereocenters. The minimum absolute atomic E-state index is 0.381. The lowest BCUT2D eigenvalue weighted by Crippen LogP contribution is -2.29. The minimum atomic E-state index is 0.381. The lowest BCUT2D eigenvalue weighted by molar-refractivity contribution is 0.0637. The first kappa shape index (κ1) is 13.7. The van der Waals surface area contributed by atoms with Gasteiger partial charge in [0.1, 0.15) is 0 Å². The van der Waals surface area contributed by atoms with Crippen LogP contribution in [0, 0.1) is 0 Å². The van der Waals surface area contributed by atoms with Crippen molar-refractivity contribution in [2.45, 2.75) is 51.2 Å². The first-order valence-corrected chi connectivity index (χ1v) is 8.05. The fourth-order valence-electron chi connectivity index (χ4n) is 3.21. The van der Waals surface area contributed by atoms with Crippen LogP contribution >= 0.6 is 0 Å². The summed E-state index contributed by atoms with van der Waals surface area (Å²) in [6.45, 7) is 5.50. The molecule has 2 fully saturated rings. The van der Waals surface area contributed by atoms with Crippen LogP contribution in [0.1, 0.15) is 39.0 Å². The van der Waals surface area contributed by atoms with E-state index in [9.17, 15) is 0 Å². The van der Waals surface area contributed by atoms with Crippen LogP contribution < -0.4 is 10.2 Å². The zero-order valence-corrected chi connectivity index (χ0v) is 12.5. The Morgan fingerprint density at radius 1 is 1.10 bits per heavy atom. The number of piperidine rings is 1. The van der Waals surface area contributed by atoms with Gasteiger partial charge in [-0.15, -0.1) is 0 Å². The van der Waals surface area contributed by atoms with Crippen molar-refractivity contribution in [2.24, 2.45) is 0 Å². The Morgan fingerprint density at radius 3 is 2.50 bits per heavy atom. The zero-order chi connectivity index (χ0) is 13.8. The van der Waals surface area contributed by atoms with Gasteiger partial charge in [0.25, 0.3) is 0 Å². The fraction of sp³-hybridized carbons (Fsp3) is 0.647. The largest absolute Gasteiger partial charge is 0.382 e. The van der Waals surface area contributed by atoms with Crippen LogP contribution in [-0.4, -0.2) is 31.8 Å². The van der Waals surface area contributed by atoms with E-state index in [-0.39, 0.29) is 0 Å². The molecular formula is C17H26N2O. The van der Waals surface area contributed by atoms with Gasteiger partial charge in [-0.25, -0.2) is 0 Å². The molecule has 2 saturated heterocycles. The monoisotopic (exact) mass is 274 g/mol. The Balaban J connectivity index is 1.50. The molecule has 0 aliphatic carbocycles. The summed E-state index contributed by atoms with van der Waals surface area (Å²) in [5.41, 5.74) is 2.56.